The van der Waals surface area contributed by atoms with Gasteiger partial charge in [-0.3, -0.25) is 9.89 Å². The van der Waals surface area contributed by atoms with Gasteiger partial charge in [0, 0.05) is 46.4 Å². The molecule has 0 unspecified atom stereocenters. The van der Waals surface area contributed by atoms with Crippen LogP contribution in [0.5, 0.6) is 0 Å². The first-order valence-electron chi connectivity index (χ1n) is 10.8. The van der Waals surface area contributed by atoms with Crippen LogP contribution in [0.1, 0.15) is 29.2 Å². The van der Waals surface area contributed by atoms with Gasteiger partial charge in [0.15, 0.2) is 5.96 Å². The molecule has 0 bridgehead atoms. The second-order valence-electron chi connectivity index (χ2n) is 7.34. The van der Waals surface area contributed by atoms with E-state index < -0.39 is 0 Å². The summed E-state index contributed by atoms with van der Waals surface area (Å²) < 4.78 is 11.1. The molecule has 0 saturated carbocycles. The fourth-order valence-corrected chi connectivity index (χ4v) is 3.55. The summed E-state index contributed by atoms with van der Waals surface area (Å²) in [5, 5.41) is 6.89. The third-order valence-electron chi connectivity index (χ3n) is 5.31. The highest BCUT2D eigenvalue weighted by atomic mass is 16.5. The van der Waals surface area contributed by atoms with E-state index in [1.807, 2.05) is 6.92 Å². The molecule has 1 aliphatic heterocycles. The van der Waals surface area contributed by atoms with Crippen molar-refractivity contribution < 1.29 is 9.47 Å². The average molecular weight is 411 g/mol. The summed E-state index contributed by atoms with van der Waals surface area (Å²) in [5.41, 5.74) is 5.08. The number of morpholine rings is 1. The van der Waals surface area contributed by atoms with Crippen molar-refractivity contribution in [3.05, 3.63) is 70.8 Å². The zero-order chi connectivity index (χ0) is 21.0. The normalized spacial score (nSPS) is 15.2. The number of hydrogen-bond donors (Lipinski definition) is 2. The molecule has 0 atom stereocenters. The Labute approximate surface area is 180 Å². The lowest BCUT2D eigenvalue weighted by atomic mass is 10.1. The smallest absolute Gasteiger partial charge is 0.191 e. The molecule has 1 saturated heterocycles. The number of guanidine groups is 1. The van der Waals surface area contributed by atoms with Crippen molar-refractivity contribution in [3.8, 4) is 0 Å². The number of aliphatic imine (C=N–C) groups is 1. The minimum atomic E-state index is 0.634. The van der Waals surface area contributed by atoms with Crippen LogP contribution < -0.4 is 10.6 Å². The van der Waals surface area contributed by atoms with E-state index in [2.05, 4.69) is 69.1 Å². The van der Waals surface area contributed by atoms with Gasteiger partial charge in [-0.25, -0.2) is 0 Å². The molecule has 2 N–H and O–H groups in total. The first-order valence-corrected chi connectivity index (χ1v) is 10.8. The first kappa shape index (κ1) is 22.3. The molecule has 2 aromatic carbocycles. The van der Waals surface area contributed by atoms with Crippen LogP contribution in [0.4, 0.5) is 0 Å². The standard InChI is InChI=1S/C24H34N4O2/c1-3-29-19-23-11-7-5-9-21(23)17-27-24(25-2)26-16-20-8-4-6-10-22(20)18-28-12-14-30-15-13-28/h4-11H,3,12-19H2,1-2H3,(H2,25,26,27). The van der Waals surface area contributed by atoms with Gasteiger partial charge in [-0.2, -0.15) is 0 Å². The average Bonchev–Trinajstić information content (AvgIpc) is 2.80. The lowest BCUT2D eigenvalue weighted by molar-refractivity contribution is 0.0341. The molecule has 162 valence electrons. The number of ether oxygens (including phenoxy) is 2. The zero-order valence-electron chi connectivity index (χ0n) is 18.2. The molecule has 1 aliphatic rings. The van der Waals surface area contributed by atoms with E-state index >= 15 is 0 Å². The number of hydrogen-bond acceptors (Lipinski definition) is 4. The summed E-state index contributed by atoms with van der Waals surface area (Å²) in [4.78, 5) is 6.84. The Bertz CT molecular complexity index is 803. The van der Waals surface area contributed by atoms with Gasteiger partial charge in [0.25, 0.3) is 0 Å². The summed E-state index contributed by atoms with van der Waals surface area (Å²) in [6.45, 7) is 9.40. The van der Waals surface area contributed by atoms with Crippen LogP contribution in [0, 0.1) is 0 Å². The van der Waals surface area contributed by atoms with Crippen LogP contribution in [0.3, 0.4) is 0 Å². The van der Waals surface area contributed by atoms with Crippen molar-refractivity contribution in [2.45, 2.75) is 33.2 Å². The lowest BCUT2D eigenvalue weighted by Crippen LogP contribution is -2.37. The quantitative estimate of drug-likeness (QED) is 0.492. The number of rotatable bonds is 9. The number of nitrogens with zero attached hydrogens (tertiary/aromatic N) is 2. The van der Waals surface area contributed by atoms with Crippen molar-refractivity contribution in [1.29, 1.82) is 0 Å². The second-order valence-corrected chi connectivity index (χ2v) is 7.34. The fourth-order valence-electron chi connectivity index (χ4n) is 3.55. The maximum atomic E-state index is 5.59. The van der Waals surface area contributed by atoms with Crippen LogP contribution in [0.2, 0.25) is 0 Å². The molecular formula is C24H34N4O2. The molecule has 6 nitrogen and oxygen atoms in total. The molecule has 6 heteroatoms. The topological polar surface area (TPSA) is 58.1 Å². The Balaban J connectivity index is 1.55. The summed E-state index contributed by atoms with van der Waals surface area (Å²) >= 11 is 0. The summed E-state index contributed by atoms with van der Waals surface area (Å²) in [6.07, 6.45) is 0. The maximum absolute atomic E-state index is 5.59. The zero-order valence-corrected chi connectivity index (χ0v) is 18.2. The summed E-state index contributed by atoms with van der Waals surface area (Å²) in [6, 6.07) is 17.0. The molecule has 3 rings (SSSR count). The van der Waals surface area contributed by atoms with Crippen molar-refractivity contribution >= 4 is 5.96 Å². The second kappa shape index (κ2) is 12.3. The van der Waals surface area contributed by atoms with Crippen LogP contribution in [-0.4, -0.2) is 50.8 Å². The van der Waals surface area contributed by atoms with Gasteiger partial charge in [0.1, 0.15) is 0 Å². The molecule has 30 heavy (non-hydrogen) atoms. The third kappa shape index (κ3) is 6.83. The molecule has 0 aliphatic carbocycles. The Hall–Kier alpha value is -2.41. The van der Waals surface area contributed by atoms with E-state index in [1.54, 1.807) is 7.05 Å². The molecule has 0 spiro atoms. The molecule has 0 radical (unpaired) electrons. The van der Waals surface area contributed by atoms with Gasteiger partial charge in [0.05, 0.1) is 19.8 Å². The Morgan fingerprint density at radius 1 is 0.933 bits per heavy atom. The highest BCUT2D eigenvalue weighted by Crippen LogP contribution is 2.13. The van der Waals surface area contributed by atoms with Crippen molar-refractivity contribution in [1.82, 2.24) is 15.5 Å². The monoisotopic (exact) mass is 410 g/mol. The van der Waals surface area contributed by atoms with E-state index in [9.17, 15) is 0 Å². The van der Waals surface area contributed by atoms with Crippen LogP contribution >= 0.6 is 0 Å². The molecular weight excluding hydrogens is 376 g/mol. The van der Waals surface area contributed by atoms with Gasteiger partial charge in [-0.15, -0.1) is 0 Å². The Morgan fingerprint density at radius 2 is 1.50 bits per heavy atom. The van der Waals surface area contributed by atoms with E-state index in [1.165, 1.54) is 22.3 Å². The van der Waals surface area contributed by atoms with Crippen molar-refractivity contribution in [3.63, 3.8) is 0 Å². The predicted octanol–water partition coefficient (Wildman–Crippen LogP) is 2.92. The molecule has 2 aromatic rings. The van der Waals surface area contributed by atoms with Crippen molar-refractivity contribution in [2.75, 3.05) is 40.0 Å². The highest BCUT2D eigenvalue weighted by molar-refractivity contribution is 5.79. The van der Waals surface area contributed by atoms with E-state index in [0.29, 0.717) is 13.2 Å². The molecule has 1 fully saturated rings. The molecule has 0 amide bonds. The summed E-state index contributed by atoms with van der Waals surface area (Å²) in [5.74, 6) is 0.794. The van der Waals surface area contributed by atoms with E-state index in [-0.39, 0.29) is 0 Å². The molecule has 0 aromatic heterocycles. The Morgan fingerprint density at radius 3 is 2.10 bits per heavy atom. The number of benzene rings is 2. The lowest BCUT2D eigenvalue weighted by Gasteiger charge is -2.27. The van der Waals surface area contributed by atoms with E-state index in [4.69, 9.17) is 9.47 Å². The summed E-state index contributed by atoms with van der Waals surface area (Å²) in [7, 11) is 1.81. The largest absolute Gasteiger partial charge is 0.379 e. The van der Waals surface area contributed by atoms with Gasteiger partial charge in [-0.05, 0) is 29.2 Å². The maximum Gasteiger partial charge on any atom is 0.191 e. The predicted molar refractivity (Wildman–Crippen MR) is 121 cm³/mol. The van der Waals surface area contributed by atoms with Gasteiger partial charge in [-0.1, -0.05) is 48.5 Å². The molecule has 1 heterocycles. The number of nitrogens with one attached hydrogen (secondary N) is 2. The SMILES string of the molecule is CCOCc1ccccc1CNC(=NC)NCc1ccccc1CN1CCOCC1. The van der Waals surface area contributed by atoms with Gasteiger partial charge < -0.3 is 20.1 Å². The van der Waals surface area contributed by atoms with Crippen LogP contribution in [0.15, 0.2) is 53.5 Å². The third-order valence-corrected chi connectivity index (χ3v) is 5.31. The Kier molecular flexibility index (Phi) is 9.15. The fraction of sp³-hybridized carbons (Fsp3) is 0.458. The van der Waals surface area contributed by atoms with Gasteiger partial charge in [0.2, 0.25) is 0 Å². The van der Waals surface area contributed by atoms with E-state index in [0.717, 1.165) is 52.0 Å². The highest BCUT2D eigenvalue weighted by Gasteiger charge is 2.13. The van der Waals surface area contributed by atoms with Crippen molar-refractivity contribution in [2.24, 2.45) is 4.99 Å². The van der Waals surface area contributed by atoms with Crippen LogP contribution in [-0.2, 0) is 35.7 Å². The van der Waals surface area contributed by atoms with Gasteiger partial charge >= 0.3 is 0 Å². The minimum Gasteiger partial charge on any atom is -0.379 e. The minimum absolute atomic E-state index is 0.634. The first-order chi connectivity index (χ1) is 14.8. The van der Waals surface area contributed by atoms with Crippen LogP contribution in [0.25, 0.3) is 0 Å².